The zero-order valence-corrected chi connectivity index (χ0v) is 9.46. The molecule has 82 valence electrons. The number of hydrogen-bond acceptors (Lipinski definition) is 5. The van der Waals surface area contributed by atoms with Gasteiger partial charge in [0, 0.05) is 19.1 Å². The first kappa shape index (κ1) is 10.5. The van der Waals surface area contributed by atoms with Crippen LogP contribution in [0.4, 0.5) is 0 Å². The van der Waals surface area contributed by atoms with Gasteiger partial charge >= 0.3 is 0 Å². The van der Waals surface area contributed by atoms with Gasteiger partial charge in [0.2, 0.25) is 0 Å². The fourth-order valence-corrected chi connectivity index (χ4v) is 2.39. The van der Waals surface area contributed by atoms with E-state index in [-0.39, 0.29) is 11.9 Å². The lowest BCUT2D eigenvalue weighted by molar-refractivity contribution is 0.0713. The van der Waals surface area contributed by atoms with Gasteiger partial charge in [-0.2, -0.15) is 0 Å². The van der Waals surface area contributed by atoms with Gasteiger partial charge < -0.3 is 10.6 Å². The molecule has 0 aliphatic carbocycles. The van der Waals surface area contributed by atoms with Gasteiger partial charge in [0.15, 0.2) is 0 Å². The van der Waals surface area contributed by atoms with E-state index in [1.54, 1.807) is 11.8 Å². The molecule has 1 aromatic heterocycles. The summed E-state index contributed by atoms with van der Waals surface area (Å²) in [5.74, 6) is 0.0256. The van der Waals surface area contributed by atoms with Crippen molar-refractivity contribution in [1.29, 1.82) is 0 Å². The Morgan fingerprint density at radius 1 is 1.67 bits per heavy atom. The fourth-order valence-electron chi connectivity index (χ4n) is 1.77. The summed E-state index contributed by atoms with van der Waals surface area (Å²) in [7, 11) is 0. The molecule has 1 aliphatic rings. The van der Waals surface area contributed by atoms with Crippen molar-refractivity contribution in [2.24, 2.45) is 5.73 Å². The van der Waals surface area contributed by atoms with E-state index in [9.17, 15) is 4.79 Å². The second kappa shape index (κ2) is 4.24. The third kappa shape index (κ3) is 2.15. The molecule has 0 unspecified atom stereocenters. The van der Waals surface area contributed by atoms with Crippen LogP contribution in [0.1, 0.15) is 28.2 Å². The van der Waals surface area contributed by atoms with Gasteiger partial charge in [0.25, 0.3) is 5.91 Å². The lowest BCUT2D eigenvalue weighted by Gasteiger charge is -2.30. The van der Waals surface area contributed by atoms with Crippen LogP contribution in [0.2, 0.25) is 0 Å². The molecule has 1 atom stereocenters. The zero-order chi connectivity index (χ0) is 10.8. The Hall–Kier alpha value is -1.01. The molecule has 1 aromatic rings. The van der Waals surface area contributed by atoms with Crippen LogP contribution in [0.15, 0.2) is 0 Å². The van der Waals surface area contributed by atoms with Crippen molar-refractivity contribution in [3.8, 4) is 0 Å². The van der Waals surface area contributed by atoms with E-state index in [1.807, 2.05) is 0 Å². The lowest BCUT2D eigenvalue weighted by Crippen LogP contribution is -2.45. The average molecular weight is 226 g/mol. The van der Waals surface area contributed by atoms with E-state index in [4.69, 9.17) is 5.73 Å². The Kier molecular flexibility index (Phi) is 2.97. The lowest BCUT2D eigenvalue weighted by atomic mass is 10.1. The number of amides is 1. The number of likely N-dealkylation sites (tertiary alicyclic amines) is 1. The largest absolute Gasteiger partial charge is 0.336 e. The third-order valence-corrected chi connectivity index (χ3v) is 3.41. The van der Waals surface area contributed by atoms with Crippen LogP contribution < -0.4 is 5.73 Å². The van der Waals surface area contributed by atoms with Crippen molar-refractivity contribution in [3.05, 3.63) is 10.6 Å². The maximum Gasteiger partial charge on any atom is 0.267 e. The topological polar surface area (TPSA) is 72.1 Å². The van der Waals surface area contributed by atoms with Gasteiger partial charge in [-0.3, -0.25) is 4.79 Å². The molecule has 0 aromatic carbocycles. The van der Waals surface area contributed by atoms with Crippen LogP contribution in [0.25, 0.3) is 0 Å². The Bertz CT molecular complexity index is 365. The minimum atomic E-state index is 0.0256. The monoisotopic (exact) mass is 226 g/mol. The van der Waals surface area contributed by atoms with Gasteiger partial charge in [-0.15, -0.1) is 5.10 Å². The summed E-state index contributed by atoms with van der Waals surface area (Å²) in [4.78, 5) is 14.5. The van der Waals surface area contributed by atoms with E-state index in [1.165, 1.54) is 0 Å². The van der Waals surface area contributed by atoms with Crippen molar-refractivity contribution >= 4 is 17.4 Å². The van der Waals surface area contributed by atoms with Crippen LogP contribution in [0, 0.1) is 6.92 Å². The molecule has 2 rings (SSSR count). The first-order valence-electron chi connectivity index (χ1n) is 5.02. The molecule has 1 aliphatic heterocycles. The number of carbonyl (C=O) groups is 1. The summed E-state index contributed by atoms with van der Waals surface area (Å²) in [6.45, 7) is 3.25. The van der Waals surface area contributed by atoms with Crippen molar-refractivity contribution in [3.63, 3.8) is 0 Å². The summed E-state index contributed by atoms with van der Waals surface area (Å²) in [6.07, 6.45) is 1.99. The summed E-state index contributed by atoms with van der Waals surface area (Å²) in [6, 6.07) is 0.115. The molecule has 1 saturated heterocycles. The molecule has 15 heavy (non-hydrogen) atoms. The van der Waals surface area contributed by atoms with Crippen LogP contribution in [-0.2, 0) is 0 Å². The smallest absolute Gasteiger partial charge is 0.267 e. The summed E-state index contributed by atoms with van der Waals surface area (Å²) in [5.41, 5.74) is 6.54. The number of rotatable bonds is 1. The highest BCUT2D eigenvalue weighted by atomic mass is 32.1. The molecular formula is C9H14N4OS. The Balaban J connectivity index is 2.11. The minimum Gasteiger partial charge on any atom is -0.336 e. The van der Waals surface area contributed by atoms with Crippen LogP contribution in [-0.4, -0.2) is 39.5 Å². The highest BCUT2D eigenvalue weighted by Crippen LogP contribution is 2.16. The predicted molar refractivity (Wildman–Crippen MR) is 57.8 cm³/mol. The van der Waals surface area contributed by atoms with Gasteiger partial charge in [-0.1, -0.05) is 4.49 Å². The Morgan fingerprint density at radius 3 is 3.07 bits per heavy atom. The molecule has 1 fully saturated rings. The molecule has 0 saturated carbocycles. The first-order valence-corrected chi connectivity index (χ1v) is 5.79. The quantitative estimate of drug-likeness (QED) is 0.753. The van der Waals surface area contributed by atoms with Crippen LogP contribution >= 0.6 is 11.5 Å². The van der Waals surface area contributed by atoms with Crippen LogP contribution in [0.3, 0.4) is 0 Å². The van der Waals surface area contributed by atoms with E-state index < -0.39 is 0 Å². The van der Waals surface area contributed by atoms with Crippen molar-refractivity contribution in [2.45, 2.75) is 25.8 Å². The Labute approximate surface area is 92.4 Å². The minimum absolute atomic E-state index is 0.0256. The van der Waals surface area contributed by atoms with E-state index in [0.717, 1.165) is 30.9 Å². The summed E-state index contributed by atoms with van der Waals surface area (Å²) >= 11 is 1.16. The van der Waals surface area contributed by atoms with E-state index >= 15 is 0 Å². The highest BCUT2D eigenvalue weighted by molar-refractivity contribution is 7.07. The van der Waals surface area contributed by atoms with Gasteiger partial charge in [-0.25, -0.2) is 0 Å². The number of aryl methyl sites for hydroxylation is 1. The second-order valence-corrected chi connectivity index (χ2v) is 4.60. The standard InChI is InChI=1S/C9H14N4OS/c1-6-8(15-12-11-6)9(14)13-4-2-3-7(10)5-13/h7H,2-5,10H2,1H3/t7-/m1/s1. The summed E-state index contributed by atoms with van der Waals surface area (Å²) < 4.78 is 3.77. The second-order valence-electron chi connectivity index (χ2n) is 3.84. The number of carbonyl (C=O) groups excluding carboxylic acids is 1. The number of hydrogen-bond donors (Lipinski definition) is 1. The molecule has 0 bridgehead atoms. The van der Waals surface area contributed by atoms with Gasteiger partial charge in [0.1, 0.15) is 4.88 Å². The van der Waals surface area contributed by atoms with Crippen molar-refractivity contribution in [2.75, 3.05) is 13.1 Å². The van der Waals surface area contributed by atoms with E-state index in [2.05, 4.69) is 9.59 Å². The van der Waals surface area contributed by atoms with Gasteiger partial charge in [-0.05, 0) is 31.3 Å². The molecule has 6 heteroatoms. The number of aromatic nitrogens is 2. The van der Waals surface area contributed by atoms with Crippen molar-refractivity contribution < 1.29 is 4.79 Å². The van der Waals surface area contributed by atoms with Crippen LogP contribution in [0.5, 0.6) is 0 Å². The molecule has 2 heterocycles. The molecule has 0 spiro atoms. The SMILES string of the molecule is Cc1nnsc1C(=O)N1CCC[C@@H](N)C1. The molecular weight excluding hydrogens is 212 g/mol. The van der Waals surface area contributed by atoms with E-state index in [0.29, 0.717) is 17.1 Å². The third-order valence-electron chi connectivity index (χ3n) is 2.59. The predicted octanol–water partition coefficient (Wildman–Crippen LogP) is 0.410. The normalized spacial score (nSPS) is 21.7. The number of nitrogens with zero attached hydrogens (tertiary/aromatic N) is 3. The first-order chi connectivity index (χ1) is 7.18. The molecule has 2 N–H and O–H groups in total. The maximum atomic E-state index is 12.0. The van der Waals surface area contributed by atoms with Crippen molar-refractivity contribution in [1.82, 2.24) is 14.5 Å². The number of piperidine rings is 1. The maximum absolute atomic E-state index is 12.0. The average Bonchev–Trinajstić information content (AvgIpc) is 2.63. The Morgan fingerprint density at radius 2 is 2.47 bits per heavy atom. The van der Waals surface area contributed by atoms with Gasteiger partial charge in [0.05, 0.1) is 5.69 Å². The number of nitrogens with two attached hydrogens (primary N) is 1. The fraction of sp³-hybridized carbons (Fsp3) is 0.667. The zero-order valence-electron chi connectivity index (χ0n) is 8.64. The molecule has 1 amide bonds. The summed E-state index contributed by atoms with van der Waals surface area (Å²) in [5, 5.41) is 3.84. The highest BCUT2D eigenvalue weighted by Gasteiger charge is 2.24. The molecule has 0 radical (unpaired) electrons. The molecule has 5 nitrogen and oxygen atoms in total.